The van der Waals surface area contributed by atoms with Gasteiger partial charge in [0, 0.05) is 24.9 Å². The highest BCUT2D eigenvalue weighted by Gasteiger charge is 2.54. The van der Waals surface area contributed by atoms with Crippen molar-refractivity contribution in [3.63, 3.8) is 0 Å². The Morgan fingerprint density at radius 2 is 2.17 bits per heavy atom. The van der Waals surface area contributed by atoms with Crippen LogP contribution in [-0.4, -0.2) is 17.5 Å². The van der Waals surface area contributed by atoms with Crippen LogP contribution in [0.25, 0.3) is 0 Å². The van der Waals surface area contributed by atoms with Crippen LogP contribution in [-0.2, 0) is 4.79 Å². The number of nitrogens with zero attached hydrogens (tertiary/aromatic N) is 1. The molecule has 0 aromatic heterocycles. The van der Waals surface area contributed by atoms with Crippen LogP contribution in [0.4, 0.5) is 0 Å². The van der Waals surface area contributed by atoms with Crippen LogP contribution >= 0.6 is 0 Å². The number of hydrogen-bond acceptors (Lipinski definition) is 3. The predicted octanol–water partition coefficient (Wildman–Crippen LogP) is 0.878. The van der Waals surface area contributed by atoms with E-state index >= 15 is 0 Å². The second kappa shape index (κ2) is 2.56. The van der Waals surface area contributed by atoms with Gasteiger partial charge in [-0.3, -0.25) is 4.79 Å². The molecule has 12 heavy (non-hydrogen) atoms. The van der Waals surface area contributed by atoms with E-state index in [1.807, 2.05) is 13.8 Å². The Labute approximate surface area is 72.0 Å². The Morgan fingerprint density at radius 1 is 1.67 bits per heavy atom. The first kappa shape index (κ1) is 9.21. The molecule has 0 atom stereocenters. The zero-order valence-corrected chi connectivity index (χ0v) is 7.42. The van der Waals surface area contributed by atoms with Crippen molar-refractivity contribution >= 4 is 5.78 Å². The van der Waals surface area contributed by atoms with Crippen molar-refractivity contribution in [2.24, 2.45) is 10.8 Å². The van der Waals surface area contributed by atoms with E-state index in [0.717, 1.165) is 0 Å². The maximum atomic E-state index is 10.8. The fourth-order valence-corrected chi connectivity index (χ4v) is 1.48. The number of nitriles is 1. The molecule has 1 N–H and O–H groups in total. The standard InChI is InChI=1S/C9H13NO2/c1-8(2,6-11)9(5-10)3-7(12)4-9/h11H,3-4,6H2,1-2H3. The Bertz CT molecular complexity index is 242. The third-order valence-corrected chi connectivity index (χ3v) is 2.90. The maximum Gasteiger partial charge on any atom is 0.136 e. The van der Waals surface area contributed by atoms with Crippen LogP contribution in [0.15, 0.2) is 0 Å². The van der Waals surface area contributed by atoms with Crippen LogP contribution in [0.3, 0.4) is 0 Å². The molecule has 1 saturated carbocycles. The average Bonchev–Trinajstić information content (AvgIpc) is 1.98. The lowest BCUT2D eigenvalue weighted by Crippen LogP contribution is -2.49. The van der Waals surface area contributed by atoms with Crippen molar-refractivity contribution in [1.82, 2.24) is 0 Å². The van der Waals surface area contributed by atoms with Crippen LogP contribution in [0.5, 0.6) is 0 Å². The first-order valence-electron chi connectivity index (χ1n) is 4.01. The highest BCUT2D eigenvalue weighted by atomic mass is 16.3. The number of Topliss-reactive ketones (excluding diaryl/α,β-unsaturated/α-hetero) is 1. The lowest BCUT2D eigenvalue weighted by atomic mass is 9.55. The summed E-state index contributed by atoms with van der Waals surface area (Å²) in [5.74, 6) is 0.123. The van der Waals surface area contributed by atoms with Crippen molar-refractivity contribution in [3.05, 3.63) is 0 Å². The van der Waals surface area contributed by atoms with Gasteiger partial charge in [0.15, 0.2) is 0 Å². The summed E-state index contributed by atoms with van der Waals surface area (Å²) in [5.41, 5.74) is -1.07. The van der Waals surface area contributed by atoms with Crippen molar-refractivity contribution in [3.8, 4) is 6.07 Å². The minimum absolute atomic E-state index is 0.0478. The number of hydrogen-bond donors (Lipinski definition) is 1. The minimum atomic E-state index is -0.612. The fraction of sp³-hybridized carbons (Fsp3) is 0.778. The summed E-state index contributed by atoms with van der Waals surface area (Å²) in [7, 11) is 0. The summed E-state index contributed by atoms with van der Waals surface area (Å²) < 4.78 is 0. The van der Waals surface area contributed by atoms with Gasteiger partial charge in [0.25, 0.3) is 0 Å². The quantitative estimate of drug-likeness (QED) is 0.664. The van der Waals surface area contributed by atoms with Gasteiger partial charge in [-0.1, -0.05) is 13.8 Å². The SMILES string of the molecule is CC(C)(CO)C1(C#N)CC(=O)C1. The highest BCUT2D eigenvalue weighted by molar-refractivity contribution is 5.87. The van der Waals surface area contributed by atoms with Crippen molar-refractivity contribution in [2.75, 3.05) is 6.61 Å². The van der Waals surface area contributed by atoms with E-state index in [4.69, 9.17) is 10.4 Å². The summed E-state index contributed by atoms with van der Waals surface area (Å²) >= 11 is 0. The van der Waals surface area contributed by atoms with Gasteiger partial charge in [0.2, 0.25) is 0 Å². The largest absolute Gasteiger partial charge is 0.396 e. The van der Waals surface area contributed by atoms with E-state index in [1.54, 1.807) is 0 Å². The lowest BCUT2D eigenvalue weighted by Gasteiger charge is -2.45. The lowest BCUT2D eigenvalue weighted by molar-refractivity contribution is -0.137. The van der Waals surface area contributed by atoms with E-state index < -0.39 is 10.8 Å². The minimum Gasteiger partial charge on any atom is -0.396 e. The predicted molar refractivity (Wildman–Crippen MR) is 43.2 cm³/mol. The summed E-state index contributed by atoms with van der Waals surface area (Å²) in [6.45, 7) is 3.60. The molecule has 3 nitrogen and oxygen atoms in total. The maximum absolute atomic E-state index is 10.8. The highest BCUT2D eigenvalue weighted by Crippen LogP contribution is 2.51. The van der Waals surface area contributed by atoms with E-state index in [-0.39, 0.29) is 12.4 Å². The molecule has 0 amide bonds. The molecule has 0 radical (unpaired) electrons. The smallest absolute Gasteiger partial charge is 0.136 e. The molecule has 0 unspecified atom stereocenters. The molecule has 1 aliphatic carbocycles. The summed E-state index contributed by atoms with van der Waals surface area (Å²) in [6.07, 6.45) is 0.605. The summed E-state index contributed by atoms with van der Waals surface area (Å²) in [4.78, 5) is 10.8. The molecule has 66 valence electrons. The second-order valence-corrected chi connectivity index (χ2v) is 4.13. The average molecular weight is 167 g/mol. The molecule has 0 saturated heterocycles. The van der Waals surface area contributed by atoms with Crippen LogP contribution in [0.2, 0.25) is 0 Å². The zero-order chi connectivity index (χ0) is 9.41. The van der Waals surface area contributed by atoms with Gasteiger partial charge in [-0.15, -0.1) is 0 Å². The van der Waals surface area contributed by atoms with Gasteiger partial charge in [0.1, 0.15) is 5.78 Å². The molecule has 0 bridgehead atoms. The van der Waals surface area contributed by atoms with Crippen LogP contribution < -0.4 is 0 Å². The number of carbonyl (C=O) groups excluding carboxylic acids is 1. The second-order valence-electron chi connectivity index (χ2n) is 4.13. The Balaban J connectivity index is 2.85. The molecule has 0 aromatic carbocycles. The molecule has 1 aliphatic rings. The molecule has 3 heteroatoms. The van der Waals surface area contributed by atoms with Crippen molar-refractivity contribution < 1.29 is 9.90 Å². The van der Waals surface area contributed by atoms with E-state index in [1.165, 1.54) is 0 Å². The van der Waals surface area contributed by atoms with Gasteiger partial charge < -0.3 is 5.11 Å². The summed E-state index contributed by atoms with van der Waals surface area (Å²) in [5, 5.41) is 18.0. The Hall–Kier alpha value is -0.880. The van der Waals surface area contributed by atoms with Gasteiger partial charge in [-0.05, 0) is 0 Å². The first-order valence-corrected chi connectivity index (χ1v) is 4.01. The third kappa shape index (κ3) is 1.03. The summed E-state index contributed by atoms with van der Waals surface area (Å²) in [6, 6.07) is 2.16. The molecule has 0 aromatic rings. The van der Waals surface area contributed by atoms with E-state index in [0.29, 0.717) is 12.8 Å². The molecular formula is C9H13NO2. The molecular weight excluding hydrogens is 154 g/mol. The molecule has 1 rings (SSSR count). The third-order valence-electron chi connectivity index (χ3n) is 2.90. The van der Waals surface area contributed by atoms with Gasteiger partial charge in [0.05, 0.1) is 11.5 Å². The normalized spacial score (nSPS) is 21.3. The molecule has 0 spiro atoms. The Kier molecular flexibility index (Phi) is 1.97. The van der Waals surface area contributed by atoms with Gasteiger partial charge in [-0.2, -0.15) is 5.26 Å². The molecule has 1 fully saturated rings. The van der Waals surface area contributed by atoms with Crippen LogP contribution in [0, 0.1) is 22.2 Å². The van der Waals surface area contributed by atoms with E-state index in [9.17, 15) is 4.79 Å². The van der Waals surface area contributed by atoms with Gasteiger partial charge >= 0.3 is 0 Å². The number of aliphatic hydroxyl groups is 1. The number of rotatable bonds is 2. The number of aliphatic hydroxyl groups excluding tert-OH is 1. The van der Waals surface area contributed by atoms with Crippen molar-refractivity contribution in [1.29, 1.82) is 5.26 Å². The first-order chi connectivity index (χ1) is 5.47. The topological polar surface area (TPSA) is 61.1 Å². The fourth-order valence-electron chi connectivity index (χ4n) is 1.48. The van der Waals surface area contributed by atoms with Crippen LogP contribution in [0.1, 0.15) is 26.7 Å². The number of ketones is 1. The van der Waals surface area contributed by atoms with Crippen molar-refractivity contribution in [2.45, 2.75) is 26.7 Å². The van der Waals surface area contributed by atoms with Gasteiger partial charge in [-0.25, -0.2) is 0 Å². The molecule has 0 heterocycles. The monoisotopic (exact) mass is 167 g/mol. The van der Waals surface area contributed by atoms with E-state index in [2.05, 4.69) is 6.07 Å². The number of carbonyl (C=O) groups is 1. The Morgan fingerprint density at radius 3 is 2.42 bits per heavy atom. The zero-order valence-electron chi connectivity index (χ0n) is 7.42. The molecule has 0 aliphatic heterocycles.